The second-order valence-electron chi connectivity index (χ2n) is 6.08. The van der Waals surface area contributed by atoms with Crippen molar-refractivity contribution in [3.63, 3.8) is 0 Å². The summed E-state index contributed by atoms with van der Waals surface area (Å²) in [5.74, 6) is -0.425. The van der Waals surface area contributed by atoms with Crippen LogP contribution in [0.25, 0.3) is 11.1 Å². The normalized spacial score (nSPS) is 14.7. The molecule has 128 valence electrons. The highest BCUT2D eigenvalue weighted by Gasteiger charge is 2.14. The number of benzene rings is 2. The lowest BCUT2D eigenvalue weighted by atomic mass is 10.0. The Labute approximate surface area is 147 Å². The van der Waals surface area contributed by atoms with Crippen molar-refractivity contribution in [2.24, 2.45) is 5.10 Å². The molecule has 25 heavy (non-hydrogen) atoms. The van der Waals surface area contributed by atoms with Gasteiger partial charge >= 0.3 is 0 Å². The van der Waals surface area contributed by atoms with Crippen molar-refractivity contribution in [3.05, 3.63) is 60.2 Å². The third kappa shape index (κ3) is 4.84. The molecular weight excluding hydrogens is 314 g/mol. The van der Waals surface area contributed by atoms with Gasteiger partial charge in [0.2, 0.25) is 5.78 Å². The van der Waals surface area contributed by atoms with Crippen molar-refractivity contribution < 1.29 is 9.59 Å². The summed E-state index contributed by atoms with van der Waals surface area (Å²) >= 11 is 0. The first-order valence-electron chi connectivity index (χ1n) is 8.46. The molecule has 0 unspecified atom stereocenters. The van der Waals surface area contributed by atoms with Crippen molar-refractivity contribution in [2.45, 2.75) is 12.8 Å². The summed E-state index contributed by atoms with van der Waals surface area (Å²) in [4.78, 5) is 25.9. The van der Waals surface area contributed by atoms with Crippen LogP contribution in [0.1, 0.15) is 23.2 Å². The van der Waals surface area contributed by atoms with Gasteiger partial charge in [0.25, 0.3) is 5.91 Å². The fourth-order valence-corrected chi connectivity index (χ4v) is 2.87. The SMILES string of the molecule is O=C(CN1CCCC1)N/N=C\C(=O)c1ccc(-c2ccccc2)cc1. The molecule has 3 rings (SSSR count). The number of ketones is 1. The van der Waals surface area contributed by atoms with Crippen molar-refractivity contribution in [1.29, 1.82) is 0 Å². The van der Waals surface area contributed by atoms with E-state index in [0.717, 1.165) is 43.3 Å². The Kier molecular flexibility index (Phi) is 5.69. The Morgan fingerprint density at radius 3 is 2.28 bits per heavy atom. The highest BCUT2D eigenvalue weighted by molar-refractivity contribution is 6.35. The Morgan fingerprint density at radius 2 is 1.60 bits per heavy atom. The maximum atomic E-state index is 12.1. The van der Waals surface area contributed by atoms with Gasteiger partial charge in [-0.2, -0.15) is 5.10 Å². The molecular formula is C20H21N3O2. The monoisotopic (exact) mass is 335 g/mol. The average molecular weight is 335 g/mol. The molecule has 0 aromatic heterocycles. The van der Waals surface area contributed by atoms with E-state index < -0.39 is 0 Å². The number of rotatable bonds is 6. The molecule has 2 aromatic rings. The molecule has 0 bridgehead atoms. The number of hydrogen-bond acceptors (Lipinski definition) is 4. The molecule has 1 heterocycles. The van der Waals surface area contributed by atoms with Crippen molar-refractivity contribution in [1.82, 2.24) is 10.3 Å². The van der Waals surface area contributed by atoms with E-state index in [1.807, 2.05) is 42.5 Å². The van der Waals surface area contributed by atoms with Crippen LogP contribution in [-0.4, -0.2) is 42.4 Å². The summed E-state index contributed by atoms with van der Waals surface area (Å²) in [6, 6.07) is 17.3. The Morgan fingerprint density at radius 1 is 0.960 bits per heavy atom. The van der Waals surface area contributed by atoms with Gasteiger partial charge in [-0.3, -0.25) is 14.5 Å². The van der Waals surface area contributed by atoms with E-state index in [1.54, 1.807) is 12.1 Å². The van der Waals surface area contributed by atoms with Crippen molar-refractivity contribution >= 4 is 17.9 Å². The zero-order valence-corrected chi connectivity index (χ0v) is 14.0. The van der Waals surface area contributed by atoms with E-state index in [4.69, 9.17) is 0 Å². The predicted octanol–water partition coefficient (Wildman–Crippen LogP) is 2.73. The van der Waals surface area contributed by atoms with E-state index >= 15 is 0 Å². The van der Waals surface area contributed by atoms with Gasteiger partial charge in [-0.15, -0.1) is 0 Å². The summed E-state index contributed by atoms with van der Waals surface area (Å²) in [6.07, 6.45) is 3.42. The lowest BCUT2D eigenvalue weighted by Crippen LogP contribution is -2.33. The summed E-state index contributed by atoms with van der Waals surface area (Å²) in [6.45, 7) is 2.23. The maximum Gasteiger partial charge on any atom is 0.254 e. The Hall–Kier alpha value is -2.79. The van der Waals surface area contributed by atoms with Gasteiger partial charge in [0.1, 0.15) is 0 Å². The highest BCUT2D eigenvalue weighted by Crippen LogP contribution is 2.19. The minimum atomic E-state index is -0.235. The third-order valence-electron chi connectivity index (χ3n) is 4.21. The van der Waals surface area contributed by atoms with E-state index in [9.17, 15) is 9.59 Å². The molecule has 1 saturated heterocycles. The minimum absolute atomic E-state index is 0.189. The molecule has 0 aliphatic carbocycles. The molecule has 1 fully saturated rings. The lowest BCUT2D eigenvalue weighted by Gasteiger charge is -2.11. The fraction of sp³-hybridized carbons (Fsp3) is 0.250. The molecule has 0 saturated carbocycles. The van der Waals surface area contributed by atoms with Crippen LogP contribution in [0.15, 0.2) is 59.7 Å². The number of nitrogens with one attached hydrogen (secondary N) is 1. The summed E-state index contributed by atoms with van der Waals surface area (Å²) in [5, 5.41) is 3.77. The quantitative estimate of drug-likeness (QED) is 0.502. The molecule has 2 aromatic carbocycles. The molecule has 1 aliphatic rings. The zero-order chi connectivity index (χ0) is 17.5. The van der Waals surface area contributed by atoms with Crippen LogP contribution in [0.2, 0.25) is 0 Å². The van der Waals surface area contributed by atoms with Gasteiger partial charge in [0.15, 0.2) is 0 Å². The molecule has 0 atom stereocenters. The van der Waals surface area contributed by atoms with Crippen LogP contribution in [0, 0.1) is 0 Å². The number of nitrogens with zero attached hydrogens (tertiary/aromatic N) is 2. The third-order valence-corrected chi connectivity index (χ3v) is 4.21. The summed E-state index contributed by atoms with van der Waals surface area (Å²) in [5.41, 5.74) is 5.10. The highest BCUT2D eigenvalue weighted by atomic mass is 16.2. The minimum Gasteiger partial charge on any atom is -0.294 e. The van der Waals surface area contributed by atoms with Crippen LogP contribution in [0.4, 0.5) is 0 Å². The van der Waals surface area contributed by atoms with Gasteiger partial charge in [0, 0.05) is 5.56 Å². The first-order valence-corrected chi connectivity index (χ1v) is 8.46. The second-order valence-corrected chi connectivity index (χ2v) is 6.08. The molecule has 1 aliphatic heterocycles. The van der Waals surface area contributed by atoms with Gasteiger partial charge in [-0.25, -0.2) is 5.43 Å². The summed E-state index contributed by atoms with van der Waals surface area (Å²) < 4.78 is 0. The maximum absolute atomic E-state index is 12.1. The van der Waals surface area contributed by atoms with E-state index in [0.29, 0.717) is 12.1 Å². The number of likely N-dealkylation sites (tertiary alicyclic amines) is 1. The second kappa shape index (κ2) is 8.35. The molecule has 1 amide bonds. The van der Waals surface area contributed by atoms with Gasteiger partial charge in [-0.1, -0.05) is 54.6 Å². The van der Waals surface area contributed by atoms with Gasteiger partial charge < -0.3 is 0 Å². The number of amides is 1. The predicted molar refractivity (Wildman–Crippen MR) is 98.5 cm³/mol. The van der Waals surface area contributed by atoms with Gasteiger partial charge in [-0.05, 0) is 37.1 Å². The molecule has 5 heteroatoms. The first-order chi connectivity index (χ1) is 12.2. The van der Waals surface area contributed by atoms with E-state index in [2.05, 4.69) is 15.4 Å². The molecule has 5 nitrogen and oxygen atoms in total. The zero-order valence-electron chi connectivity index (χ0n) is 14.0. The Bertz CT molecular complexity index is 748. The topological polar surface area (TPSA) is 61.8 Å². The van der Waals surface area contributed by atoms with E-state index in [-0.39, 0.29) is 11.7 Å². The first kappa shape index (κ1) is 17.0. The van der Waals surface area contributed by atoms with Crippen LogP contribution in [0.3, 0.4) is 0 Å². The number of carbonyl (C=O) groups is 2. The molecule has 0 radical (unpaired) electrons. The number of hydrazone groups is 1. The van der Waals surface area contributed by atoms with Crippen LogP contribution < -0.4 is 5.43 Å². The fourth-order valence-electron chi connectivity index (χ4n) is 2.87. The van der Waals surface area contributed by atoms with Crippen LogP contribution >= 0.6 is 0 Å². The summed E-state index contributed by atoms with van der Waals surface area (Å²) in [7, 11) is 0. The number of carbonyl (C=O) groups excluding carboxylic acids is 2. The smallest absolute Gasteiger partial charge is 0.254 e. The van der Waals surface area contributed by atoms with Crippen LogP contribution in [0.5, 0.6) is 0 Å². The molecule has 0 spiro atoms. The number of hydrogen-bond donors (Lipinski definition) is 1. The largest absolute Gasteiger partial charge is 0.294 e. The standard InChI is InChI=1S/C20H21N3O2/c24-19(14-21-22-20(25)15-23-12-4-5-13-23)18-10-8-17(9-11-18)16-6-2-1-3-7-16/h1-3,6-11,14H,4-5,12-13,15H2,(H,22,25)/b21-14-. The van der Waals surface area contributed by atoms with E-state index in [1.165, 1.54) is 0 Å². The van der Waals surface area contributed by atoms with Crippen molar-refractivity contribution in [3.8, 4) is 11.1 Å². The number of Topliss-reactive ketones (excluding diaryl/α,β-unsaturated/α-hetero) is 1. The molecule has 1 N–H and O–H groups in total. The average Bonchev–Trinajstić information content (AvgIpc) is 3.15. The van der Waals surface area contributed by atoms with Gasteiger partial charge in [0.05, 0.1) is 12.8 Å². The lowest BCUT2D eigenvalue weighted by molar-refractivity contribution is -0.121. The Balaban J connectivity index is 1.53. The van der Waals surface area contributed by atoms with Crippen molar-refractivity contribution in [2.75, 3.05) is 19.6 Å². The van der Waals surface area contributed by atoms with Crippen LogP contribution in [-0.2, 0) is 4.79 Å².